The van der Waals surface area contributed by atoms with Gasteiger partial charge in [0, 0.05) is 3.57 Å². The molecule has 0 spiro atoms. The summed E-state index contributed by atoms with van der Waals surface area (Å²) in [5.41, 5.74) is 0.965. The molecule has 3 aromatic rings. The number of hydrogen-bond donors (Lipinski definition) is 1. The predicted molar refractivity (Wildman–Crippen MR) is 96.1 cm³/mol. The van der Waals surface area contributed by atoms with Crippen molar-refractivity contribution < 1.29 is 9.53 Å². The molecule has 0 saturated heterocycles. The van der Waals surface area contributed by atoms with Gasteiger partial charge in [0.2, 0.25) is 0 Å². The van der Waals surface area contributed by atoms with Crippen molar-refractivity contribution in [3.05, 3.63) is 57.1 Å². The normalized spacial score (nSPS) is 10.6. The lowest BCUT2D eigenvalue weighted by Crippen LogP contribution is -2.28. The molecular weight excluding hydrogens is 411 g/mol. The largest absolute Gasteiger partial charge is 0.484 e. The summed E-state index contributed by atoms with van der Waals surface area (Å²) in [5.74, 6) is 0.536. The van der Waals surface area contributed by atoms with E-state index in [1.807, 2.05) is 48.5 Å². The molecule has 0 unspecified atom stereocenters. The molecule has 1 aromatic heterocycles. The SMILES string of the molecule is O=C(COc1ccc(I)cc1)NCc1nc2ccccc2s1. The number of nitrogens with one attached hydrogen (secondary N) is 1. The van der Waals surface area contributed by atoms with Crippen molar-refractivity contribution in [2.75, 3.05) is 6.61 Å². The molecule has 2 aromatic carbocycles. The third-order valence-electron chi connectivity index (χ3n) is 2.96. The average molecular weight is 424 g/mol. The van der Waals surface area contributed by atoms with Crippen LogP contribution in [0.5, 0.6) is 5.75 Å². The van der Waals surface area contributed by atoms with Crippen LogP contribution in [-0.2, 0) is 11.3 Å². The van der Waals surface area contributed by atoms with E-state index in [4.69, 9.17) is 4.74 Å². The van der Waals surface area contributed by atoms with Gasteiger partial charge in [-0.1, -0.05) is 12.1 Å². The zero-order valence-corrected chi connectivity index (χ0v) is 14.6. The molecule has 22 heavy (non-hydrogen) atoms. The molecule has 0 aliphatic carbocycles. The number of halogens is 1. The highest BCUT2D eigenvalue weighted by atomic mass is 127. The number of thiazole rings is 1. The second-order valence-corrected chi connectivity index (χ2v) is 6.96. The Bertz CT molecular complexity index is 753. The van der Waals surface area contributed by atoms with Gasteiger partial charge in [0.15, 0.2) is 6.61 Å². The molecule has 0 radical (unpaired) electrons. The van der Waals surface area contributed by atoms with E-state index in [2.05, 4.69) is 32.9 Å². The summed E-state index contributed by atoms with van der Waals surface area (Å²) in [6.45, 7) is 0.430. The summed E-state index contributed by atoms with van der Waals surface area (Å²) in [5, 5.41) is 3.72. The molecule has 0 aliphatic rings. The number of amides is 1. The number of benzene rings is 2. The lowest BCUT2D eigenvalue weighted by molar-refractivity contribution is -0.123. The van der Waals surface area contributed by atoms with E-state index in [9.17, 15) is 4.79 Å². The monoisotopic (exact) mass is 424 g/mol. The second kappa shape index (κ2) is 7.06. The molecule has 1 heterocycles. The second-order valence-electron chi connectivity index (χ2n) is 4.59. The van der Waals surface area contributed by atoms with Gasteiger partial charge < -0.3 is 10.1 Å². The summed E-state index contributed by atoms with van der Waals surface area (Å²) >= 11 is 3.81. The van der Waals surface area contributed by atoms with Gasteiger partial charge in [0.1, 0.15) is 10.8 Å². The van der Waals surface area contributed by atoms with Crippen LogP contribution < -0.4 is 10.1 Å². The van der Waals surface area contributed by atoms with Crippen LogP contribution in [0.4, 0.5) is 0 Å². The predicted octanol–water partition coefficient (Wildman–Crippen LogP) is 3.60. The maximum absolute atomic E-state index is 11.8. The third-order valence-corrected chi connectivity index (χ3v) is 4.71. The van der Waals surface area contributed by atoms with Crippen LogP contribution in [0.3, 0.4) is 0 Å². The first-order valence-electron chi connectivity index (χ1n) is 6.70. The minimum Gasteiger partial charge on any atom is -0.484 e. The smallest absolute Gasteiger partial charge is 0.258 e. The van der Waals surface area contributed by atoms with E-state index in [1.165, 1.54) is 0 Å². The van der Waals surface area contributed by atoms with Gasteiger partial charge in [-0.05, 0) is 59.0 Å². The molecule has 0 fully saturated rings. The van der Waals surface area contributed by atoms with E-state index in [-0.39, 0.29) is 12.5 Å². The van der Waals surface area contributed by atoms with Crippen molar-refractivity contribution in [3.63, 3.8) is 0 Å². The Morgan fingerprint density at radius 3 is 2.73 bits per heavy atom. The van der Waals surface area contributed by atoms with Crippen LogP contribution in [0.15, 0.2) is 48.5 Å². The molecule has 112 valence electrons. The van der Waals surface area contributed by atoms with E-state index in [0.29, 0.717) is 12.3 Å². The molecule has 0 bridgehead atoms. The van der Waals surface area contributed by atoms with Crippen molar-refractivity contribution in [2.24, 2.45) is 0 Å². The lowest BCUT2D eigenvalue weighted by atomic mass is 10.3. The maximum Gasteiger partial charge on any atom is 0.258 e. The van der Waals surface area contributed by atoms with Crippen molar-refractivity contribution in [1.82, 2.24) is 10.3 Å². The zero-order chi connectivity index (χ0) is 15.4. The fourth-order valence-corrected chi connectivity index (χ4v) is 3.17. The van der Waals surface area contributed by atoms with Gasteiger partial charge in [0.25, 0.3) is 5.91 Å². The van der Waals surface area contributed by atoms with Crippen molar-refractivity contribution in [1.29, 1.82) is 0 Å². The van der Waals surface area contributed by atoms with Gasteiger partial charge in [-0.2, -0.15) is 0 Å². The van der Waals surface area contributed by atoms with Crippen LogP contribution in [0.1, 0.15) is 5.01 Å². The standard InChI is InChI=1S/C16H13IN2O2S/c17-11-5-7-12(8-6-11)21-10-15(20)18-9-16-19-13-3-1-2-4-14(13)22-16/h1-8H,9-10H2,(H,18,20). The Balaban J connectivity index is 1.50. The Hall–Kier alpha value is -1.67. The first kappa shape index (κ1) is 15.2. The Kier molecular flexibility index (Phi) is 4.89. The number of rotatable bonds is 5. The molecular formula is C16H13IN2O2S. The van der Waals surface area contributed by atoms with Crippen LogP contribution in [-0.4, -0.2) is 17.5 Å². The van der Waals surface area contributed by atoms with Crippen LogP contribution in [0.25, 0.3) is 10.2 Å². The highest BCUT2D eigenvalue weighted by molar-refractivity contribution is 14.1. The van der Waals surface area contributed by atoms with Gasteiger partial charge in [-0.3, -0.25) is 4.79 Å². The van der Waals surface area contributed by atoms with Gasteiger partial charge in [-0.15, -0.1) is 11.3 Å². The number of para-hydroxylation sites is 1. The number of hydrogen-bond acceptors (Lipinski definition) is 4. The lowest BCUT2D eigenvalue weighted by Gasteiger charge is -2.06. The number of fused-ring (bicyclic) bond motifs is 1. The number of nitrogens with zero attached hydrogens (tertiary/aromatic N) is 1. The summed E-state index contributed by atoms with van der Waals surface area (Å²) in [7, 11) is 0. The number of carbonyl (C=O) groups excluding carboxylic acids is 1. The van der Waals surface area contributed by atoms with Crippen LogP contribution in [0, 0.1) is 3.57 Å². The van der Waals surface area contributed by atoms with Gasteiger partial charge >= 0.3 is 0 Å². The first-order valence-corrected chi connectivity index (χ1v) is 8.60. The molecule has 3 rings (SSSR count). The molecule has 1 amide bonds. The molecule has 4 nitrogen and oxygen atoms in total. The molecule has 6 heteroatoms. The minimum atomic E-state index is -0.155. The number of ether oxygens (including phenoxy) is 1. The van der Waals surface area contributed by atoms with Gasteiger partial charge in [-0.25, -0.2) is 4.98 Å². The highest BCUT2D eigenvalue weighted by Crippen LogP contribution is 2.21. The molecule has 1 N–H and O–H groups in total. The quantitative estimate of drug-likeness (QED) is 0.637. The summed E-state index contributed by atoms with van der Waals surface area (Å²) in [6, 6.07) is 15.5. The fraction of sp³-hybridized carbons (Fsp3) is 0.125. The minimum absolute atomic E-state index is 0.00544. The molecule has 0 saturated carbocycles. The maximum atomic E-state index is 11.8. The average Bonchev–Trinajstić information content (AvgIpc) is 2.95. The number of aromatic nitrogens is 1. The Morgan fingerprint density at radius 1 is 1.18 bits per heavy atom. The van der Waals surface area contributed by atoms with E-state index in [1.54, 1.807) is 11.3 Å². The fourth-order valence-electron chi connectivity index (χ4n) is 1.90. The van der Waals surface area contributed by atoms with Crippen LogP contribution in [0.2, 0.25) is 0 Å². The molecule has 0 atom stereocenters. The topological polar surface area (TPSA) is 51.2 Å². The van der Waals surface area contributed by atoms with Crippen molar-refractivity contribution >= 4 is 50.1 Å². The van der Waals surface area contributed by atoms with Crippen molar-refractivity contribution in [3.8, 4) is 5.75 Å². The zero-order valence-electron chi connectivity index (χ0n) is 11.6. The van der Waals surface area contributed by atoms with Crippen molar-refractivity contribution in [2.45, 2.75) is 6.54 Å². The molecule has 0 aliphatic heterocycles. The Labute approximate surface area is 145 Å². The van der Waals surface area contributed by atoms with E-state index in [0.717, 1.165) is 18.8 Å². The summed E-state index contributed by atoms with van der Waals surface area (Å²) < 4.78 is 7.69. The first-order chi connectivity index (χ1) is 10.7. The highest BCUT2D eigenvalue weighted by Gasteiger charge is 2.06. The summed E-state index contributed by atoms with van der Waals surface area (Å²) in [4.78, 5) is 16.3. The van der Waals surface area contributed by atoms with E-state index < -0.39 is 0 Å². The third kappa shape index (κ3) is 3.95. The Morgan fingerprint density at radius 2 is 1.95 bits per heavy atom. The van der Waals surface area contributed by atoms with Gasteiger partial charge in [0.05, 0.1) is 16.8 Å². The van der Waals surface area contributed by atoms with E-state index >= 15 is 0 Å². The van der Waals surface area contributed by atoms with Crippen LogP contribution >= 0.6 is 33.9 Å². The number of carbonyl (C=O) groups is 1. The summed E-state index contributed by atoms with van der Waals surface area (Å²) in [6.07, 6.45) is 0.